The fourth-order valence-corrected chi connectivity index (χ4v) is 5.22. The predicted molar refractivity (Wildman–Crippen MR) is 135 cm³/mol. The molecule has 0 aliphatic carbocycles. The molecule has 0 saturated carbocycles. The van der Waals surface area contributed by atoms with E-state index >= 15 is 0 Å². The first-order chi connectivity index (χ1) is 16.0. The van der Waals surface area contributed by atoms with Gasteiger partial charge in [-0.3, -0.25) is 9.97 Å². The van der Waals surface area contributed by atoms with Crippen LogP contribution >= 0.6 is 23.8 Å². The number of para-hydroxylation sites is 1. The topological polar surface area (TPSA) is 46.0 Å². The van der Waals surface area contributed by atoms with Crippen molar-refractivity contribution >= 4 is 28.9 Å². The van der Waals surface area contributed by atoms with Crippen molar-refractivity contribution in [3.05, 3.63) is 112 Å². The highest BCUT2D eigenvalue weighted by atomic mass is 35.5. The van der Waals surface area contributed by atoms with E-state index in [1.165, 1.54) is 5.56 Å². The number of benzene rings is 1. The summed E-state index contributed by atoms with van der Waals surface area (Å²) in [4.78, 5) is 11.2. The Kier molecular flexibility index (Phi) is 5.87. The molecule has 1 aliphatic rings. The molecule has 5 rings (SSSR count). The number of rotatable bonds is 5. The van der Waals surface area contributed by atoms with Gasteiger partial charge in [-0.1, -0.05) is 35.9 Å². The number of pyridine rings is 2. The third-order valence-corrected chi connectivity index (χ3v) is 6.83. The van der Waals surface area contributed by atoms with Crippen molar-refractivity contribution in [2.24, 2.45) is 0 Å². The van der Waals surface area contributed by atoms with Crippen molar-refractivity contribution in [1.29, 1.82) is 0 Å². The van der Waals surface area contributed by atoms with Gasteiger partial charge in [0.15, 0.2) is 5.11 Å². The fourth-order valence-electron chi connectivity index (χ4n) is 4.69. The van der Waals surface area contributed by atoms with Crippen molar-refractivity contribution in [2.75, 3.05) is 0 Å². The van der Waals surface area contributed by atoms with Crippen LogP contribution in [0.3, 0.4) is 0 Å². The summed E-state index contributed by atoms with van der Waals surface area (Å²) in [7, 11) is 0. The maximum Gasteiger partial charge on any atom is 0.170 e. The molecular weight excluding hydrogens is 450 g/mol. The molecule has 0 radical (unpaired) electrons. The molecule has 33 heavy (non-hydrogen) atoms. The first kappa shape index (κ1) is 21.6. The van der Waals surface area contributed by atoms with Crippen LogP contribution in [0.5, 0.6) is 0 Å². The van der Waals surface area contributed by atoms with E-state index in [1.54, 1.807) is 6.20 Å². The Bertz CT molecular complexity index is 1290. The van der Waals surface area contributed by atoms with Crippen molar-refractivity contribution < 1.29 is 0 Å². The minimum absolute atomic E-state index is 0.0324. The largest absolute Gasteiger partial charge is 0.352 e. The lowest BCUT2D eigenvalue weighted by atomic mass is 9.96. The van der Waals surface area contributed by atoms with Gasteiger partial charge < -0.3 is 14.8 Å². The number of aryl methyl sites for hydroxylation is 1. The number of hydrogen-bond donors (Lipinski definition) is 1. The molecule has 1 aliphatic heterocycles. The molecule has 0 spiro atoms. The molecule has 7 heteroatoms. The summed E-state index contributed by atoms with van der Waals surface area (Å²) in [6.07, 6.45) is 5.50. The summed E-state index contributed by atoms with van der Waals surface area (Å²) in [5, 5.41) is 4.97. The van der Waals surface area contributed by atoms with Crippen LogP contribution in [0.2, 0.25) is 5.02 Å². The molecule has 4 heterocycles. The minimum atomic E-state index is -0.0735. The SMILES string of the molecule is Cc1cc([C@H]2[C@H](c3ccccn3)NC(=S)N2Cc2cccnc2)c(C)n1-c1ccccc1Cl. The first-order valence-electron chi connectivity index (χ1n) is 10.9. The Morgan fingerprint density at radius 3 is 2.58 bits per heavy atom. The number of nitrogens with one attached hydrogen (secondary N) is 1. The van der Waals surface area contributed by atoms with Crippen molar-refractivity contribution in [2.45, 2.75) is 32.5 Å². The molecule has 1 saturated heterocycles. The molecule has 0 unspecified atom stereocenters. The van der Waals surface area contributed by atoms with Crippen LogP contribution < -0.4 is 5.32 Å². The molecule has 1 aromatic carbocycles. The summed E-state index contributed by atoms with van der Waals surface area (Å²) < 4.78 is 2.22. The number of nitrogens with zero attached hydrogens (tertiary/aromatic N) is 4. The van der Waals surface area contributed by atoms with E-state index in [0.29, 0.717) is 11.7 Å². The quantitative estimate of drug-likeness (QED) is 0.376. The summed E-state index contributed by atoms with van der Waals surface area (Å²) in [6, 6.07) is 20.1. The standard InChI is InChI=1S/C26H24ClN5S/c1-17-14-20(18(2)32(17)23-11-4-3-9-21(23)27)25-24(22-10-5-6-13-29-22)30-26(33)31(25)16-19-8-7-12-28-15-19/h3-15,24-25H,16H2,1-2H3,(H,30,33)/t24-,25-/m0/s1. The number of thiocarbonyl (C=S) groups is 1. The predicted octanol–water partition coefficient (Wildman–Crippen LogP) is 5.71. The lowest BCUT2D eigenvalue weighted by Gasteiger charge is -2.28. The molecular formula is C26H24ClN5S. The molecule has 2 atom stereocenters. The van der Waals surface area contributed by atoms with Gasteiger partial charge in [-0.2, -0.15) is 0 Å². The van der Waals surface area contributed by atoms with E-state index in [9.17, 15) is 0 Å². The molecule has 4 aromatic rings. The molecule has 1 fully saturated rings. The van der Waals surface area contributed by atoms with Crippen LogP contribution in [0.15, 0.2) is 79.3 Å². The van der Waals surface area contributed by atoms with Crippen LogP contribution in [0.25, 0.3) is 5.69 Å². The average molecular weight is 474 g/mol. The Labute approximate surface area is 204 Å². The van der Waals surface area contributed by atoms with Gasteiger partial charge in [0.05, 0.1) is 28.5 Å². The first-order valence-corrected chi connectivity index (χ1v) is 11.6. The smallest absolute Gasteiger partial charge is 0.170 e. The zero-order valence-corrected chi connectivity index (χ0v) is 20.0. The highest BCUT2D eigenvalue weighted by molar-refractivity contribution is 7.80. The monoisotopic (exact) mass is 473 g/mol. The zero-order chi connectivity index (χ0) is 22.9. The van der Waals surface area contributed by atoms with E-state index in [1.807, 2.05) is 60.9 Å². The van der Waals surface area contributed by atoms with Crippen molar-refractivity contribution in [3.8, 4) is 5.69 Å². The molecule has 166 valence electrons. The van der Waals surface area contributed by atoms with E-state index in [2.05, 4.69) is 50.7 Å². The van der Waals surface area contributed by atoms with Crippen molar-refractivity contribution in [3.63, 3.8) is 0 Å². The highest BCUT2D eigenvalue weighted by Crippen LogP contribution is 2.42. The lowest BCUT2D eigenvalue weighted by molar-refractivity contribution is 0.310. The molecule has 1 N–H and O–H groups in total. The summed E-state index contributed by atoms with van der Waals surface area (Å²) >= 11 is 12.4. The van der Waals surface area contributed by atoms with E-state index in [4.69, 9.17) is 23.8 Å². The Morgan fingerprint density at radius 2 is 1.85 bits per heavy atom. The molecule has 3 aromatic heterocycles. The summed E-state index contributed by atoms with van der Waals surface area (Å²) in [6.45, 7) is 4.91. The van der Waals surface area contributed by atoms with Gasteiger partial charge >= 0.3 is 0 Å². The van der Waals surface area contributed by atoms with E-state index in [-0.39, 0.29) is 12.1 Å². The fraction of sp³-hybridized carbons (Fsp3) is 0.192. The second-order valence-electron chi connectivity index (χ2n) is 8.23. The van der Waals surface area contributed by atoms with E-state index in [0.717, 1.165) is 33.4 Å². The van der Waals surface area contributed by atoms with Gasteiger partial charge in [0, 0.05) is 36.5 Å². The summed E-state index contributed by atoms with van der Waals surface area (Å²) in [5.41, 5.74) is 6.49. The normalized spacial score (nSPS) is 17.9. The number of aromatic nitrogens is 3. The van der Waals surface area contributed by atoms with Crippen molar-refractivity contribution in [1.82, 2.24) is 24.8 Å². The van der Waals surface area contributed by atoms with Crippen LogP contribution in [0.4, 0.5) is 0 Å². The van der Waals surface area contributed by atoms with Crippen LogP contribution in [0.1, 0.15) is 40.3 Å². The average Bonchev–Trinajstić information content (AvgIpc) is 3.30. The summed E-state index contributed by atoms with van der Waals surface area (Å²) in [5.74, 6) is 0. The highest BCUT2D eigenvalue weighted by Gasteiger charge is 2.41. The van der Waals surface area contributed by atoms with E-state index < -0.39 is 0 Å². The van der Waals surface area contributed by atoms with Gasteiger partial charge in [-0.15, -0.1) is 0 Å². The van der Waals surface area contributed by atoms with Crippen LogP contribution in [0, 0.1) is 13.8 Å². The lowest BCUT2D eigenvalue weighted by Crippen LogP contribution is -2.29. The van der Waals surface area contributed by atoms with Gasteiger partial charge in [-0.05, 0) is 73.6 Å². The third-order valence-electron chi connectivity index (χ3n) is 6.16. The maximum absolute atomic E-state index is 6.57. The Hall–Kier alpha value is -3.22. The number of halogens is 1. The van der Waals surface area contributed by atoms with Gasteiger partial charge in [0.2, 0.25) is 0 Å². The minimum Gasteiger partial charge on any atom is -0.352 e. The Morgan fingerprint density at radius 1 is 1.03 bits per heavy atom. The van der Waals surface area contributed by atoms with Crippen LogP contribution in [-0.4, -0.2) is 24.5 Å². The maximum atomic E-state index is 6.57. The second-order valence-corrected chi connectivity index (χ2v) is 9.02. The van der Waals surface area contributed by atoms with Gasteiger partial charge in [0.25, 0.3) is 0 Å². The molecule has 0 amide bonds. The Balaban J connectivity index is 1.63. The zero-order valence-electron chi connectivity index (χ0n) is 18.4. The second kappa shape index (κ2) is 8.96. The van der Waals surface area contributed by atoms with Crippen LogP contribution in [-0.2, 0) is 6.54 Å². The molecule has 5 nitrogen and oxygen atoms in total. The van der Waals surface area contributed by atoms with Gasteiger partial charge in [-0.25, -0.2) is 0 Å². The number of hydrogen-bond acceptors (Lipinski definition) is 3. The van der Waals surface area contributed by atoms with Gasteiger partial charge in [0.1, 0.15) is 0 Å². The molecule has 0 bridgehead atoms. The third kappa shape index (κ3) is 4.01.